The molecule has 2 atom stereocenters. The summed E-state index contributed by atoms with van der Waals surface area (Å²) in [7, 11) is -0.550. The van der Waals surface area contributed by atoms with Crippen molar-refractivity contribution in [3.8, 4) is 0 Å². The van der Waals surface area contributed by atoms with Crippen LogP contribution in [0.3, 0.4) is 0 Å². The van der Waals surface area contributed by atoms with E-state index in [1.54, 1.807) is 0 Å². The third kappa shape index (κ3) is 5.89. The molecule has 0 spiro atoms. The van der Waals surface area contributed by atoms with Gasteiger partial charge in [-0.2, -0.15) is 0 Å². The zero-order chi connectivity index (χ0) is 17.7. The Labute approximate surface area is 140 Å². The molecule has 0 bridgehead atoms. The van der Waals surface area contributed by atoms with Crippen molar-refractivity contribution in [2.75, 3.05) is 20.3 Å². The maximum Gasteiger partial charge on any atom is 0.328 e. The van der Waals surface area contributed by atoms with Crippen LogP contribution in [0.5, 0.6) is 0 Å². The van der Waals surface area contributed by atoms with Crippen molar-refractivity contribution in [3.63, 3.8) is 0 Å². The second kappa shape index (κ2) is 8.26. The fourth-order valence-electron chi connectivity index (χ4n) is 2.09. The minimum Gasteiger partial charge on any atom is -0.467 e. The first-order valence-electron chi connectivity index (χ1n) is 8.22. The van der Waals surface area contributed by atoms with Gasteiger partial charge in [0, 0.05) is 19.6 Å². The molecule has 0 saturated carbocycles. The van der Waals surface area contributed by atoms with Gasteiger partial charge in [0.15, 0.2) is 8.32 Å². The predicted molar refractivity (Wildman–Crippen MR) is 90.7 cm³/mol. The van der Waals surface area contributed by atoms with Gasteiger partial charge in [-0.25, -0.2) is 4.79 Å². The molecule has 0 aromatic heterocycles. The number of methoxy groups -OCH3 is 1. The number of nitrogens with one attached hydrogen (secondary N) is 1. The van der Waals surface area contributed by atoms with Crippen LogP contribution in [0.1, 0.15) is 40.0 Å². The van der Waals surface area contributed by atoms with Crippen LogP contribution < -0.4 is 5.32 Å². The number of esters is 1. The molecule has 1 aliphatic heterocycles. The maximum absolute atomic E-state index is 12.1. The lowest BCUT2D eigenvalue weighted by molar-refractivity contribution is -0.146. The number of hydrogen-bond donors (Lipinski definition) is 1. The van der Waals surface area contributed by atoms with Crippen LogP contribution in [-0.2, 0) is 23.5 Å². The molecule has 134 valence electrons. The average molecular weight is 346 g/mol. The average Bonchev–Trinajstić information content (AvgIpc) is 2.98. The Morgan fingerprint density at radius 3 is 2.48 bits per heavy atom. The molecular formula is C16H31NO5Si. The molecule has 1 aliphatic rings. The number of amides is 1. The van der Waals surface area contributed by atoms with Gasteiger partial charge in [0.1, 0.15) is 12.1 Å². The van der Waals surface area contributed by atoms with Crippen molar-refractivity contribution >= 4 is 20.2 Å². The molecule has 23 heavy (non-hydrogen) atoms. The monoisotopic (exact) mass is 345 g/mol. The molecule has 1 amide bonds. The predicted octanol–water partition coefficient (Wildman–Crippen LogP) is 2.24. The van der Waals surface area contributed by atoms with Gasteiger partial charge in [-0.05, 0) is 31.0 Å². The van der Waals surface area contributed by atoms with Crippen molar-refractivity contribution in [1.29, 1.82) is 0 Å². The molecular weight excluding hydrogens is 314 g/mol. The van der Waals surface area contributed by atoms with E-state index in [1.165, 1.54) is 7.11 Å². The second-order valence-corrected chi connectivity index (χ2v) is 12.3. The lowest BCUT2D eigenvalue weighted by Gasteiger charge is -2.36. The molecule has 7 heteroatoms. The molecule has 0 radical (unpaired) electrons. The first kappa shape index (κ1) is 20.1. The summed E-state index contributed by atoms with van der Waals surface area (Å²) >= 11 is 0. The lowest BCUT2D eigenvalue weighted by atomic mass is 10.2. The van der Waals surface area contributed by atoms with Gasteiger partial charge in [0.2, 0.25) is 5.91 Å². The summed E-state index contributed by atoms with van der Waals surface area (Å²) in [6.45, 7) is 11.8. The Morgan fingerprint density at radius 1 is 1.35 bits per heavy atom. The normalized spacial score (nSPS) is 20.2. The molecule has 1 fully saturated rings. The summed E-state index contributed by atoms with van der Waals surface area (Å²) in [4.78, 5) is 24.0. The van der Waals surface area contributed by atoms with Crippen LogP contribution in [0.4, 0.5) is 0 Å². The summed E-state index contributed by atoms with van der Waals surface area (Å²) < 4.78 is 16.2. The van der Waals surface area contributed by atoms with Gasteiger partial charge < -0.3 is 19.2 Å². The zero-order valence-electron chi connectivity index (χ0n) is 15.2. The molecule has 0 aromatic rings. The van der Waals surface area contributed by atoms with E-state index >= 15 is 0 Å². The summed E-state index contributed by atoms with van der Waals surface area (Å²) in [6, 6.07) is -0.693. The van der Waals surface area contributed by atoms with Gasteiger partial charge >= 0.3 is 5.97 Å². The highest BCUT2D eigenvalue weighted by Gasteiger charge is 2.37. The van der Waals surface area contributed by atoms with Crippen molar-refractivity contribution in [1.82, 2.24) is 5.32 Å². The number of ether oxygens (including phenoxy) is 2. The molecule has 1 rings (SSSR count). The Bertz CT molecular complexity index is 413. The molecule has 6 nitrogen and oxygen atoms in total. The molecule has 0 aliphatic carbocycles. The van der Waals surface area contributed by atoms with Gasteiger partial charge in [-0.3, -0.25) is 4.79 Å². The van der Waals surface area contributed by atoms with Crippen LogP contribution in [0.2, 0.25) is 18.1 Å². The lowest BCUT2D eigenvalue weighted by Crippen LogP contribution is -2.47. The van der Waals surface area contributed by atoms with E-state index in [4.69, 9.17) is 13.9 Å². The molecule has 1 saturated heterocycles. The number of carbonyl (C=O) groups is 2. The van der Waals surface area contributed by atoms with Crippen molar-refractivity contribution in [2.24, 2.45) is 0 Å². The van der Waals surface area contributed by atoms with Crippen LogP contribution in [0.25, 0.3) is 0 Å². The van der Waals surface area contributed by atoms with E-state index in [9.17, 15) is 9.59 Å². The highest BCUT2D eigenvalue weighted by molar-refractivity contribution is 6.74. The Hall–Kier alpha value is -0.923. The largest absolute Gasteiger partial charge is 0.467 e. The van der Waals surface area contributed by atoms with Crippen LogP contribution >= 0.6 is 0 Å². The Kier molecular flexibility index (Phi) is 7.22. The molecule has 1 N–H and O–H groups in total. The second-order valence-electron chi connectivity index (χ2n) is 7.48. The maximum atomic E-state index is 12.1. The van der Waals surface area contributed by atoms with Gasteiger partial charge in [0.25, 0.3) is 0 Å². The van der Waals surface area contributed by atoms with E-state index in [-0.39, 0.29) is 10.9 Å². The van der Waals surface area contributed by atoms with E-state index < -0.39 is 26.4 Å². The minimum absolute atomic E-state index is 0.106. The van der Waals surface area contributed by atoms with Gasteiger partial charge in [-0.15, -0.1) is 0 Å². The van der Waals surface area contributed by atoms with E-state index in [0.717, 1.165) is 6.42 Å². The smallest absolute Gasteiger partial charge is 0.328 e. The fourth-order valence-corrected chi connectivity index (χ4v) is 3.15. The van der Waals surface area contributed by atoms with Crippen molar-refractivity contribution in [2.45, 2.75) is 70.3 Å². The standard InChI is InChI=1S/C16H31NO5Si/c1-16(2,3)23(5,6)22-11-9-12(15(19)20-4)17-14(18)13-8-7-10-21-13/h12-13H,7-11H2,1-6H3,(H,17,18)/t12-,13-/m1/s1. The van der Waals surface area contributed by atoms with Crippen molar-refractivity contribution in [3.05, 3.63) is 0 Å². The van der Waals surface area contributed by atoms with Crippen LogP contribution in [0, 0.1) is 0 Å². The summed E-state index contributed by atoms with van der Waals surface area (Å²) in [5.41, 5.74) is 0. The van der Waals surface area contributed by atoms with Crippen LogP contribution in [-0.4, -0.2) is 52.7 Å². The SMILES string of the molecule is COC(=O)[C@@H](CCO[Si](C)(C)C(C)(C)C)NC(=O)[C@H]1CCCO1. The highest BCUT2D eigenvalue weighted by atomic mass is 28.4. The molecule has 1 heterocycles. The third-order valence-electron chi connectivity index (χ3n) is 4.70. The van der Waals surface area contributed by atoms with E-state index in [2.05, 4.69) is 39.2 Å². The number of rotatable bonds is 7. The van der Waals surface area contributed by atoms with Gasteiger partial charge in [0.05, 0.1) is 7.11 Å². The molecule has 0 unspecified atom stereocenters. The third-order valence-corrected chi connectivity index (χ3v) is 9.24. The highest BCUT2D eigenvalue weighted by Crippen LogP contribution is 2.36. The topological polar surface area (TPSA) is 73.9 Å². The fraction of sp³-hybridized carbons (Fsp3) is 0.875. The minimum atomic E-state index is -1.87. The Morgan fingerprint density at radius 2 is 2.00 bits per heavy atom. The quantitative estimate of drug-likeness (QED) is 0.566. The van der Waals surface area contributed by atoms with E-state index in [0.29, 0.717) is 26.1 Å². The summed E-state index contributed by atoms with van der Waals surface area (Å²) in [5.74, 6) is -0.694. The van der Waals surface area contributed by atoms with E-state index in [1.807, 2.05) is 0 Å². The first-order valence-corrected chi connectivity index (χ1v) is 11.1. The Balaban J connectivity index is 2.55. The summed E-state index contributed by atoms with van der Waals surface area (Å²) in [6.07, 6.45) is 1.51. The van der Waals surface area contributed by atoms with Crippen LogP contribution in [0.15, 0.2) is 0 Å². The first-order chi connectivity index (χ1) is 10.6. The number of hydrogen-bond acceptors (Lipinski definition) is 5. The number of carbonyl (C=O) groups excluding carboxylic acids is 2. The van der Waals surface area contributed by atoms with Gasteiger partial charge in [-0.1, -0.05) is 20.8 Å². The zero-order valence-corrected chi connectivity index (χ0v) is 16.2. The van der Waals surface area contributed by atoms with Crippen molar-refractivity contribution < 1.29 is 23.5 Å². The summed E-state index contributed by atoms with van der Waals surface area (Å²) in [5, 5.41) is 2.84. The molecule has 0 aromatic carbocycles.